The van der Waals surface area contributed by atoms with Gasteiger partial charge in [0.15, 0.2) is 0 Å². The molecule has 1 amide bonds. The number of ether oxygens (including phenoxy) is 1. The van der Waals surface area contributed by atoms with Crippen LogP contribution in [0.4, 0.5) is 0 Å². The van der Waals surface area contributed by atoms with E-state index in [1.807, 2.05) is 67.3 Å². The molecule has 152 valence electrons. The van der Waals surface area contributed by atoms with Crippen molar-refractivity contribution in [3.63, 3.8) is 0 Å². The number of carbonyl (C=O) groups excluding carboxylic acids is 1. The fourth-order valence-electron chi connectivity index (χ4n) is 2.96. The second-order valence-corrected chi connectivity index (χ2v) is 6.11. The molecule has 1 fully saturated rings. The average Bonchev–Trinajstić information content (AvgIpc) is 3.29. The molecule has 1 heterocycles. The quantitative estimate of drug-likeness (QED) is 0.758. The normalized spacial score (nSPS) is 13.4. The molecule has 5 nitrogen and oxygen atoms in total. The Bertz CT molecular complexity index is 655. The molecule has 1 saturated heterocycles. The Balaban J connectivity index is 0.000000717. The molecule has 1 aliphatic rings. The van der Waals surface area contributed by atoms with E-state index in [0.29, 0.717) is 13.0 Å². The highest BCUT2D eigenvalue weighted by Gasteiger charge is 2.27. The van der Waals surface area contributed by atoms with E-state index in [-0.39, 0.29) is 12.4 Å². The summed E-state index contributed by atoms with van der Waals surface area (Å²) in [5.41, 5.74) is 2.23. The first-order valence-electron chi connectivity index (χ1n) is 9.80. The molecule has 5 heteroatoms. The van der Waals surface area contributed by atoms with Crippen LogP contribution in [0.1, 0.15) is 37.8 Å². The lowest BCUT2D eigenvalue weighted by molar-refractivity contribution is -0.143. The van der Waals surface area contributed by atoms with Gasteiger partial charge in [-0.2, -0.15) is 0 Å². The van der Waals surface area contributed by atoms with Crippen molar-refractivity contribution in [2.24, 2.45) is 0 Å². The second-order valence-electron chi connectivity index (χ2n) is 6.11. The summed E-state index contributed by atoms with van der Waals surface area (Å²) in [5.74, 6) is 0.127. The molecule has 2 aromatic rings. The lowest BCUT2D eigenvalue weighted by Gasteiger charge is -2.23. The summed E-state index contributed by atoms with van der Waals surface area (Å²) in [6.45, 7) is 5.94. The predicted octanol–water partition coefficient (Wildman–Crippen LogP) is 4.16. The van der Waals surface area contributed by atoms with Crippen LogP contribution in [0.25, 0.3) is 0 Å². The Morgan fingerprint density at radius 3 is 1.96 bits per heavy atom. The van der Waals surface area contributed by atoms with Gasteiger partial charge in [0, 0.05) is 19.5 Å². The number of amides is 1. The maximum Gasteiger partial charge on any atom is 0.290 e. The molecule has 0 unspecified atom stereocenters. The Labute approximate surface area is 167 Å². The largest absolute Gasteiger partial charge is 0.483 e. The van der Waals surface area contributed by atoms with Crippen molar-refractivity contribution >= 4 is 12.4 Å². The van der Waals surface area contributed by atoms with E-state index in [1.165, 1.54) is 0 Å². The molecule has 3 rings (SSSR count). The van der Waals surface area contributed by atoms with Crippen molar-refractivity contribution in [2.45, 2.75) is 45.8 Å². The smallest absolute Gasteiger partial charge is 0.290 e. The van der Waals surface area contributed by atoms with Gasteiger partial charge in [-0.3, -0.25) is 9.59 Å². The van der Waals surface area contributed by atoms with E-state index in [2.05, 4.69) is 12.1 Å². The Morgan fingerprint density at radius 1 is 1.00 bits per heavy atom. The van der Waals surface area contributed by atoms with Gasteiger partial charge in [-0.05, 0) is 24.0 Å². The van der Waals surface area contributed by atoms with Gasteiger partial charge in [-0.15, -0.1) is 0 Å². The van der Waals surface area contributed by atoms with Crippen LogP contribution in [0, 0.1) is 0 Å². The van der Waals surface area contributed by atoms with Crippen LogP contribution in [0.3, 0.4) is 0 Å². The minimum atomic E-state index is -0.407. The standard InChI is InChI=1S/C20H23NO2.C2H6.CH2O2/c22-20(21-13-7-8-14-21)19(15-17-9-3-1-4-10-17)23-16-18-11-5-2-6-12-18;1-2;2-1-3/h1-6,9-12,19H,7-8,13-16H2;1-2H3;1H,(H,2,3)/t19-;;/m0../s1. The lowest BCUT2D eigenvalue weighted by Crippen LogP contribution is -2.39. The molecule has 0 saturated carbocycles. The van der Waals surface area contributed by atoms with E-state index in [4.69, 9.17) is 14.6 Å². The number of nitrogens with zero attached hydrogens (tertiary/aromatic N) is 1. The van der Waals surface area contributed by atoms with Gasteiger partial charge in [-0.1, -0.05) is 74.5 Å². The molecule has 1 aliphatic heterocycles. The second kappa shape index (κ2) is 14.4. The number of likely N-dealkylation sites (tertiary alicyclic amines) is 1. The molecule has 0 aliphatic carbocycles. The summed E-state index contributed by atoms with van der Waals surface area (Å²) >= 11 is 0. The van der Waals surface area contributed by atoms with Crippen LogP contribution < -0.4 is 0 Å². The first-order chi connectivity index (χ1) is 13.7. The van der Waals surface area contributed by atoms with E-state index in [0.717, 1.165) is 37.1 Å². The minimum absolute atomic E-state index is 0.127. The van der Waals surface area contributed by atoms with E-state index in [1.54, 1.807) is 0 Å². The van der Waals surface area contributed by atoms with Crippen molar-refractivity contribution < 1.29 is 19.4 Å². The molecule has 0 bridgehead atoms. The third-order valence-corrected chi connectivity index (χ3v) is 4.25. The molecular weight excluding hydrogens is 354 g/mol. The fourth-order valence-corrected chi connectivity index (χ4v) is 2.96. The van der Waals surface area contributed by atoms with Gasteiger partial charge in [0.1, 0.15) is 6.10 Å². The SMILES string of the molecule is CC.O=C([C@H](Cc1ccccc1)OCc1ccccc1)N1CCCC1.O=CO. The van der Waals surface area contributed by atoms with E-state index >= 15 is 0 Å². The average molecular weight is 386 g/mol. The maximum absolute atomic E-state index is 12.8. The van der Waals surface area contributed by atoms with Crippen molar-refractivity contribution in [3.05, 3.63) is 71.8 Å². The summed E-state index contributed by atoms with van der Waals surface area (Å²) in [5, 5.41) is 6.89. The molecule has 0 radical (unpaired) electrons. The highest BCUT2D eigenvalue weighted by Crippen LogP contribution is 2.15. The number of carboxylic acid groups (broad SMARTS) is 1. The molecule has 0 spiro atoms. The fraction of sp³-hybridized carbons (Fsp3) is 0.391. The first kappa shape index (κ1) is 23.4. The number of hydrogen-bond donors (Lipinski definition) is 1. The van der Waals surface area contributed by atoms with Gasteiger partial charge >= 0.3 is 0 Å². The number of carbonyl (C=O) groups is 2. The van der Waals surface area contributed by atoms with Gasteiger partial charge in [0.05, 0.1) is 6.61 Å². The molecule has 28 heavy (non-hydrogen) atoms. The Hall–Kier alpha value is -2.66. The summed E-state index contributed by atoms with van der Waals surface area (Å²) in [6, 6.07) is 20.1. The Kier molecular flexibility index (Phi) is 12.0. The van der Waals surface area contributed by atoms with Gasteiger partial charge in [-0.25, -0.2) is 0 Å². The summed E-state index contributed by atoms with van der Waals surface area (Å²) in [7, 11) is 0. The van der Waals surface area contributed by atoms with Crippen molar-refractivity contribution in [2.75, 3.05) is 13.1 Å². The highest BCUT2D eigenvalue weighted by molar-refractivity contribution is 5.81. The van der Waals surface area contributed by atoms with Crippen LogP contribution in [0.2, 0.25) is 0 Å². The zero-order valence-corrected chi connectivity index (χ0v) is 16.8. The van der Waals surface area contributed by atoms with Crippen molar-refractivity contribution in [3.8, 4) is 0 Å². The summed E-state index contributed by atoms with van der Waals surface area (Å²) < 4.78 is 6.02. The lowest BCUT2D eigenvalue weighted by atomic mass is 10.1. The number of rotatable bonds is 6. The molecule has 1 N–H and O–H groups in total. The maximum atomic E-state index is 12.8. The summed E-state index contributed by atoms with van der Waals surface area (Å²) in [4.78, 5) is 23.1. The molecule has 0 aromatic heterocycles. The minimum Gasteiger partial charge on any atom is -0.483 e. The van der Waals surface area contributed by atoms with Crippen LogP contribution in [-0.2, 0) is 27.4 Å². The van der Waals surface area contributed by atoms with Crippen LogP contribution in [0.5, 0.6) is 0 Å². The third-order valence-electron chi connectivity index (χ3n) is 4.25. The van der Waals surface area contributed by atoms with Gasteiger partial charge < -0.3 is 14.7 Å². The first-order valence-corrected chi connectivity index (χ1v) is 9.80. The van der Waals surface area contributed by atoms with E-state index in [9.17, 15) is 4.79 Å². The topological polar surface area (TPSA) is 66.8 Å². The zero-order valence-electron chi connectivity index (χ0n) is 16.8. The monoisotopic (exact) mass is 385 g/mol. The van der Waals surface area contributed by atoms with Crippen LogP contribution >= 0.6 is 0 Å². The highest BCUT2D eigenvalue weighted by atomic mass is 16.5. The molecule has 2 aromatic carbocycles. The molecule has 1 atom stereocenters. The third kappa shape index (κ3) is 8.35. The van der Waals surface area contributed by atoms with Crippen LogP contribution in [-0.4, -0.2) is 41.6 Å². The molecular formula is C23H31NO4. The number of hydrogen-bond acceptors (Lipinski definition) is 3. The Morgan fingerprint density at radius 2 is 1.46 bits per heavy atom. The zero-order chi connectivity index (χ0) is 20.6. The van der Waals surface area contributed by atoms with Gasteiger partial charge in [0.25, 0.3) is 12.4 Å². The summed E-state index contributed by atoms with van der Waals surface area (Å²) in [6.07, 6.45) is 2.42. The van der Waals surface area contributed by atoms with Crippen molar-refractivity contribution in [1.82, 2.24) is 4.90 Å². The van der Waals surface area contributed by atoms with E-state index < -0.39 is 6.10 Å². The predicted molar refractivity (Wildman–Crippen MR) is 111 cm³/mol. The van der Waals surface area contributed by atoms with Crippen molar-refractivity contribution in [1.29, 1.82) is 0 Å². The van der Waals surface area contributed by atoms with Crippen LogP contribution in [0.15, 0.2) is 60.7 Å². The number of benzene rings is 2. The van der Waals surface area contributed by atoms with Gasteiger partial charge in [0.2, 0.25) is 0 Å².